The molecule has 1 aromatic heterocycles. The molecule has 1 N–H and O–H groups in total. The second kappa shape index (κ2) is 8.13. The Balaban J connectivity index is 1.75. The molecule has 0 aliphatic heterocycles. The largest absolute Gasteiger partial charge is 0.311 e. The summed E-state index contributed by atoms with van der Waals surface area (Å²) < 4.78 is 0. The minimum atomic E-state index is 0.351. The van der Waals surface area contributed by atoms with Gasteiger partial charge in [-0.2, -0.15) is 0 Å². The minimum Gasteiger partial charge on any atom is -0.311 e. The number of aromatic nitrogens is 1. The van der Waals surface area contributed by atoms with Crippen molar-refractivity contribution in [2.45, 2.75) is 19.5 Å². The van der Waals surface area contributed by atoms with Gasteiger partial charge < -0.3 is 5.32 Å². The maximum atomic E-state index is 6.05. The van der Waals surface area contributed by atoms with E-state index in [4.69, 9.17) is 11.6 Å². The number of benzene rings is 1. The van der Waals surface area contributed by atoms with E-state index in [0.29, 0.717) is 6.04 Å². The van der Waals surface area contributed by atoms with Gasteiger partial charge >= 0.3 is 0 Å². The third kappa shape index (κ3) is 5.12. The molecular weight excluding hydrogens is 282 g/mol. The molecule has 0 radical (unpaired) electrons. The van der Waals surface area contributed by atoms with Crippen LogP contribution in [0, 0.1) is 0 Å². The highest BCUT2D eigenvalue weighted by atomic mass is 35.5. The van der Waals surface area contributed by atoms with E-state index in [9.17, 15) is 0 Å². The molecule has 2 rings (SSSR count). The molecule has 3 nitrogen and oxygen atoms in total. The van der Waals surface area contributed by atoms with Crippen LogP contribution < -0.4 is 5.32 Å². The Hall–Kier alpha value is -1.42. The van der Waals surface area contributed by atoms with Crippen LogP contribution in [0.15, 0.2) is 48.8 Å². The molecule has 0 amide bonds. The van der Waals surface area contributed by atoms with Crippen LogP contribution in [-0.4, -0.2) is 30.0 Å². The zero-order valence-electron chi connectivity index (χ0n) is 12.6. The molecule has 2 aromatic rings. The van der Waals surface area contributed by atoms with Crippen LogP contribution in [0.2, 0.25) is 5.02 Å². The number of hydrogen-bond donors (Lipinski definition) is 1. The summed E-state index contributed by atoms with van der Waals surface area (Å²) in [6.07, 6.45) is 3.69. The molecule has 0 bridgehead atoms. The van der Waals surface area contributed by atoms with Crippen LogP contribution in [-0.2, 0) is 6.54 Å². The van der Waals surface area contributed by atoms with Crippen LogP contribution in [0.25, 0.3) is 0 Å². The van der Waals surface area contributed by atoms with Crippen molar-refractivity contribution in [3.8, 4) is 0 Å². The van der Waals surface area contributed by atoms with Crippen LogP contribution >= 0.6 is 11.6 Å². The molecular formula is C17H22ClN3. The average Bonchev–Trinajstić information content (AvgIpc) is 2.51. The van der Waals surface area contributed by atoms with Gasteiger partial charge in [0.2, 0.25) is 0 Å². The highest BCUT2D eigenvalue weighted by molar-refractivity contribution is 6.30. The molecule has 0 fully saturated rings. The lowest BCUT2D eigenvalue weighted by Crippen LogP contribution is -2.31. The third-order valence-electron chi connectivity index (χ3n) is 3.69. The van der Waals surface area contributed by atoms with Crippen molar-refractivity contribution in [1.29, 1.82) is 0 Å². The fourth-order valence-electron chi connectivity index (χ4n) is 2.21. The van der Waals surface area contributed by atoms with Crippen molar-refractivity contribution < 1.29 is 0 Å². The number of rotatable bonds is 7. The number of hydrogen-bond acceptors (Lipinski definition) is 3. The number of pyridine rings is 1. The molecule has 112 valence electrons. The van der Waals surface area contributed by atoms with Crippen LogP contribution in [0.1, 0.15) is 24.1 Å². The molecule has 1 atom stereocenters. The first-order chi connectivity index (χ1) is 10.2. The number of nitrogens with zero attached hydrogens (tertiary/aromatic N) is 2. The zero-order valence-corrected chi connectivity index (χ0v) is 13.3. The number of halogens is 1. The van der Waals surface area contributed by atoms with E-state index in [0.717, 1.165) is 24.7 Å². The first kappa shape index (κ1) is 16.0. The molecule has 4 heteroatoms. The van der Waals surface area contributed by atoms with Gasteiger partial charge in [-0.05, 0) is 43.3 Å². The molecule has 1 aromatic carbocycles. The molecule has 0 aliphatic rings. The summed E-state index contributed by atoms with van der Waals surface area (Å²) in [7, 11) is 2.14. The second-order valence-corrected chi connectivity index (χ2v) is 5.69. The fourth-order valence-corrected chi connectivity index (χ4v) is 2.40. The summed E-state index contributed by atoms with van der Waals surface area (Å²) in [6, 6.07) is 12.5. The summed E-state index contributed by atoms with van der Waals surface area (Å²) in [5, 5.41) is 4.24. The monoisotopic (exact) mass is 303 g/mol. The summed E-state index contributed by atoms with van der Waals surface area (Å²) in [5.41, 5.74) is 2.46. The summed E-state index contributed by atoms with van der Waals surface area (Å²) in [5.74, 6) is 0. The SMILES string of the molecule is CC(c1cccc(Cl)c1)N(C)CCNCc1cccnc1. The van der Waals surface area contributed by atoms with E-state index in [1.165, 1.54) is 11.1 Å². The van der Waals surface area contributed by atoms with E-state index < -0.39 is 0 Å². The molecule has 1 heterocycles. The number of nitrogens with one attached hydrogen (secondary N) is 1. The first-order valence-electron chi connectivity index (χ1n) is 7.22. The third-order valence-corrected chi connectivity index (χ3v) is 3.92. The molecule has 21 heavy (non-hydrogen) atoms. The van der Waals surface area contributed by atoms with Crippen molar-refractivity contribution in [2.75, 3.05) is 20.1 Å². The number of likely N-dealkylation sites (N-methyl/N-ethyl adjacent to an activating group) is 1. The van der Waals surface area contributed by atoms with Crippen molar-refractivity contribution in [1.82, 2.24) is 15.2 Å². The van der Waals surface area contributed by atoms with Crippen molar-refractivity contribution in [2.24, 2.45) is 0 Å². The van der Waals surface area contributed by atoms with Gasteiger partial charge in [-0.1, -0.05) is 29.8 Å². The summed E-state index contributed by atoms with van der Waals surface area (Å²) in [6.45, 7) is 4.98. The van der Waals surface area contributed by atoms with E-state index in [2.05, 4.69) is 41.3 Å². The Morgan fingerprint density at radius 3 is 2.86 bits per heavy atom. The van der Waals surface area contributed by atoms with E-state index in [1.807, 2.05) is 30.5 Å². The van der Waals surface area contributed by atoms with Gasteiger partial charge in [-0.15, -0.1) is 0 Å². The maximum absolute atomic E-state index is 6.05. The van der Waals surface area contributed by atoms with Gasteiger partial charge in [0.25, 0.3) is 0 Å². The van der Waals surface area contributed by atoms with E-state index in [1.54, 1.807) is 6.20 Å². The minimum absolute atomic E-state index is 0.351. The lowest BCUT2D eigenvalue weighted by atomic mass is 10.1. The van der Waals surface area contributed by atoms with Gasteiger partial charge in [-0.25, -0.2) is 0 Å². The second-order valence-electron chi connectivity index (χ2n) is 5.25. The van der Waals surface area contributed by atoms with Gasteiger partial charge in [0.05, 0.1) is 0 Å². The molecule has 0 spiro atoms. The first-order valence-corrected chi connectivity index (χ1v) is 7.60. The van der Waals surface area contributed by atoms with E-state index in [-0.39, 0.29) is 0 Å². The Kier molecular flexibility index (Phi) is 6.18. The average molecular weight is 304 g/mol. The highest BCUT2D eigenvalue weighted by Crippen LogP contribution is 2.21. The molecule has 0 saturated carbocycles. The van der Waals surface area contributed by atoms with Gasteiger partial charge in [0, 0.05) is 43.1 Å². The lowest BCUT2D eigenvalue weighted by molar-refractivity contribution is 0.261. The van der Waals surface area contributed by atoms with Crippen molar-refractivity contribution in [3.05, 3.63) is 64.9 Å². The van der Waals surface area contributed by atoms with Gasteiger partial charge in [0.15, 0.2) is 0 Å². The predicted octanol–water partition coefficient (Wildman–Crippen LogP) is 3.52. The van der Waals surface area contributed by atoms with Crippen LogP contribution in [0.4, 0.5) is 0 Å². The van der Waals surface area contributed by atoms with Crippen LogP contribution in [0.5, 0.6) is 0 Å². The van der Waals surface area contributed by atoms with Crippen molar-refractivity contribution in [3.63, 3.8) is 0 Å². The van der Waals surface area contributed by atoms with Gasteiger partial charge in [-0.3, -0.25) is 9.88 Å². The Morgan fingerprint density at radius 1 is 1.29 bits per heavy atom. The Morgan fingerprint density at radius 2 is 2.14 bits per heavy atom. The normalized spacial score (nSPS) is 12.6. The highest BCUT2D eigenvalue weighted by Gasteiger charge is 2.11. The Labute approximate surface area is 132 Å². The summed E-state index contributed by atoms with van der Waals surface area (Å²) >= 11 is 6.05. The fraction of sp³-hybridized carbons (Fsp3) is 0.353. The lowest BCUT2D eigenvalue weighted by Gasteiger charge is -2.25. The van der Waals surface area contributed by atoms with E-state index >= 15 is 0 Å². The smallest absolute Gasteiger partial charge is 0.0409 e. The van der Waals surface area contributed by atoms with Gasteiger partial charge in [0.1, 0.15) is 0 Å². The zero-order chi connectivity index (χ0) is 15.1. The maximum Gasteiger partial charge on any atom is 0.0409 e. The quantitative estimate of drug-likeness (QED) is 0.793. The predicted molar refractivity (Wildman–Crippen MR) is 88.4 cm³/mol. The van der Waals surface area contributed by atoms with Crippen molar-refractivity contribution >= 4 is 11.6 Å². The standard InChI is InChI=1S/C17H22ClN3/c1-14(16-6-3-7-17(18)11-16)21(2)10-9-20-13-15-5-4-8-19-12-15/h3-8,11-12,14,20H,9-10,13H2,1-2H3. The topological polar surface area (TPSA) is 28.2 Å². The Bertz CT molecular complexity index is 545. The summed E-state index contributed by atoms with van der Waals surface area (Å²) in [4.78, 5) is 6.43. The molecule has 0 aliphatic carbocycles. The molecule has 0 saturated heterocycles. The molecule has 1 unspecified atom stereocenters. The van der Waals surface area contributed by atoms with Crippen LogP contribution in [0.3, 0.4) is 0 Å².